The Labute approximate surface area is 168 Å². The Kier molecular flexibility index (Phi) is 7.08. The van der Waals surface area contributed by atoms with Gasteiger partial charge in [0.1, 0.15) is 6.29 Å². The lowest BCUT2D eigenvalue weighted by atomic mass is 9.78. The highest BCUT2D eigenvalue weighted by molar-refractivity contribution is 5.78. The van der Waals surface area contributed by atoms with Crippen molar-refractivity contribution in [3.63, 3.8) is 0 Å². The molecule has 1 aromatic carbocycles. The summed E-state index contributed by atoms with van der Waals surface area (Å²) in [5.41, 5.74) is 1.79. The first kappa shape index (κ1) is 20.8. The molecule has 28 heavy (non-hydrogen) atoms. The molecule has 2 aliphatic rings. The van der Waals surface area contributed by atoms with Gasteiger partial charge in [-0.15, -0.1) is 0 Å². The zero-order chi connectivity index (χ0) is 20.0. The van der Waals surface area contributed by atoms with Gasteiger partial charge in [0.2, 0.25) is 0 Å². The lowest BCUT2D eigenvalue weighted by molar-refractivity contribution is 0.0504. The van der Waals surface area contributed by atoms with E-state index in [9.17, 15) is 9.59 Å². The van der Waals surface area contributed by atoms with Gasteiger partial charge in [-0.3, -0.25) is 4.79 Å². The first-order valence-corrected chi connectivity index (χ1v) is 10.6. The number of nitrogens with one attached hydrogen (secondary N) is 1. The normalized spacial score (nSPS) is 20.7. The van der Waals surface area contributed by atoms with Gasteiger partial charge in [0.15, 0.2) is 0 Å². The van der Waals surface area contributed by atoms with Crippen LogP contribution in [0.25, 0.3) is 0 Å². The summed E-state index contributed by atoms with van der Waals surface area (Å²) in [6.07, 6.45) is 4.77. The first-order chi connectivity index (χ1) is 13.6. The van der Waals surface area contributed by atoms with Crippen LogP contribution >= 0.6 is 0 Å². The fourth-order valence-corrected chi connectivity index (χ4v) is 4.81. The lowest BCUT2D eigenvalue weighted by Crippen LogP contribution is -2.55. The first-order valence-electron chi connectivity index (χ1n) is 10.6. The van der Waals surface area contributed by atoms with Gasteiger partial charge >= 0.3 is 6.09 Å². The van der Waals surface area contributed by atoms with Crippen molar-refractivity contribution in [3.8, 4) is 0 Å². The van der Waals surface area contributed by atoms with Gasteiger partial charge in [-0.2, -0.15) is 0 Å². The SMILES string of the molecule is CCNC1(c2ccccc2C=O)CCN(C2CCN(C(=O)OCC)CC2)CC1. The molecule has 3 rings (SSSR count). The third-order valence-electron chi connectivity index (χ3n) is 6.28. The van der Waals surface area contributed by atoms with Crippen LogP contribution in [0, 0.1) is 0 Å². The molecule has 2 heterocycles. The van der Waals surface area contributed by atoms with Crippen LogP contribution < -0.4 is 5.32 Å². The summed E-state index contributed by atoms with van der Waals surface area (Å²) in [5, 5.41) is 3.69. The number of hydrogen-bond acceptors (Lipinski definition) is 5. The molecule has 0 radical (unpaired) electrons. The second-order valence-corrected chi connectivity index (χ2v) is 7.77. The van der Waals surface area contributed by atoms with Crippen molar-refractivity contribution in [2.24, 2.45) is 0 Å². The molecule has 0 atom stereocenters. The number of rotatable bonds is 6. The molecule has 0 aromatic heterocycles. The molecule has 2 fully saturated rings. The van der Waals surface area contributed by atoms with E-state index >= 15 is 0 Å². The van der Waals surface area contributed by atoms with Gasteiger partial charge in [-0.25, -0.2) is 4.79 Å². The molecule has 6 nitrogen and oxygen atoms in total. The molecule has 2 saturated heterocycles. The van der Waals surface area contributed by atoms with Crippen LogP contribution in [0.2, 0.25) is 0 Å². The monoisotopic (exact) mass is 387 g/mol. The fourth-order valence-electron chi connectivity index (χ4n) is 4.81. The summed E-state index contributed by atoms with van der Waals surface area (Å²) in [6.45, 7) is 8.83. The van der Waals surface area contributed by atoms with E-state index in [0.717, 1.165) is 75.8 Å². The van der Waals surface area contributed by atoms with Crippen molar-refractivity contribution in [2.75, 3.05) is 39.3 Å². The summed E-state index contributed by atoms with van der Waals surface area (Å²) >= 11 is 0. The maximum atomic E-state index is 11.9. The van der Waals surface area contributed by atoms with Gasteiger partial charge in [-0.1, -0.05) is 31.2 Å². The predicted molar refractivity (Wildman–Crippen MR) is 110 cm³/mol. The van der Waals surface area contributed by atoms with Gasteiger partial charge in [0.25, 0.3) is 0 Å². The number of amides is 1. The Morgan fingerprint density at radius 3 is 2.46 bits per heavy atom. The van der Waals surface area contributed by atoms with Gasteiger partial charge in [-0.05, 0) is 44.7 Å². The molecular formula is C22H33N3O3. The van der Waals surface area contributed by atoms with Crippen molar-refractivity contribution in [1.82, 2.24) is 15.1 Å². The molecule has 0 aliphatic carbocycles. The third kappa shape index (κ3) is 4.39. The predicted octanol–water partition coefficient (Wildman–Crippen LogP) is 3.02. The van der Waals surface area contributed by atoms with Crippen molar-refractivity contribution >= 4 is 12.4 Å². The second kappa shape index (κ2) is 9.52. The number of aldehydes is 1. The quantitative estimate of drug-likeness (QED) is 0.761. The largest absolute Gasteiger partial charge is 0.450 e. The maximum Gasteiger partial charge on any atom is 0.409 e. The van der Waals surface area contributed by atoms with E-state index in [1.807, 2.05) is 30.0 Å². The molecule has 1 aromatic rings. The number of nitrogens with zero attached hydrogens (tertiary/aromatic N) is 2. The molecule has 0 unspecified atom stereocenters. The van der Waals surface area contributed by atoms with Crippen LogP contribution in [0.1, 0.15) is 55.5 Å². The molecule has 0 saturated carbocycles. The molecular weight excluding hydrogens is 354 g/mol. The average molecular weight is 388 g/mol. The highest BCUT2D eigenvalue weighted by Crippen LogP contribution is 2.36. The Morgan fingerprint density at radius 2 is 1.86 bits per heavy atom. The molecule has 6 heteroatoms. The number of hydrogen-bond donors (Lipinski definition) is 1. The van der Waals surface area contributed by atoms with Crippen LogP contribution in [0.3, 0.4) is 0 Å². The van der Waals surface area contributed by atoms with Crippen molar-refractivity contribution in [3.05, 3.63) is 35.4 Å². The van der Waals surface area contributed by atoms with Crippen LogP contribution in [0.4, 0.5) is 4.79 Å². The summed E-state index contributed by atoms with van der Waals surface area (Å²) in [6, 6.07) is 8.49. The minimum absolute atomic E-state index is 0.131. The number of piperidine rings is 2. The molecule has 1 amide bonds. The van der Waals surface area contributed by atoms with E-state index in [1.54, 1.807) is 0 Å². The minimum atomic E-state index is -0.184. The van der Waals surface area contributed by atoms with E-state index < -0.39 is 0 Å². The van der Waals surface area contributed by atoms with E-state index in [2.05, 4.69) is 23.2 Å². The Morgan fingerprint density at radius 1 is 1.18 bits per heavy atom. The van der Waals surface area contributed by atoms with Crippen molar-refractivity contribution in [1.29, 1.82) is 0 Å². The van der Waals surface area contributed by atoms with E-state index in [0.29, 0.717) is 12.6 Å². The van der Waals surface area contributed by atoms with E-state index in [1.165, 1.54) is 0 Å². The maximum absolute atomic E-state index is 11.9. The Hall–Kier alpha value is -1.92. The summed E-state index contributed by atoms with van der Waals surface area (Å²) in [5.74, 6) is 0. The van der Waals surface area contributed by atoms with Crippen molar-refractivity contribution < 1.29 is 14.3 Å². The smallest absolute Gasteiger partial charge is 0.409 e. The summed E-state index contributed by atoms with van der Waals surface area (Å²) in [7, 11) is 0. The Balaban J connectivity index is 1.62. The zero-order valence-electron chi connectivity index (χ0n) is 17.2. The number of likely N-dealkylation sites (tertiary alicyclic amines) is 2. The fraction of sp³-hybridized carbons (Fsp3) is 0.636. The summed E-state index contributed by atoms with van der Waals surface area (Å²) in [4.78, 5) is 27.9. The summed E-state index contributed by atoms with van der Waals surface area (Å²) < 4.78 is 5.12. The molecule has 154 valence electrons. The van der Waals surface area contributed by atoms with Gasteiger partial charge in [0.05, 0.1) is 6.61 Å². The number of carbonyl (C=O) groups excluding carboxylic acids is 2. The van der Waals surface area contributed by atoms with E-state index in [4.69, 9.17) is 4.74 Å². The number of benzene rings is 1. The molecule has 0 spiro atoms. The third-order valence-corrected chi connectivity index (χ3v) is 6.28. The van der Waals surface area contributed by atoms with Crippen LogP contribution in [0.15, 0.2) is 24.3 Å². The van der Waals surface area contributed by atoms with E-state index in [-0.39, 0.29) is 11.6 Å². The van der Waals surface area contributed by atoms with Crippen LogP contribution in [-0.4, -0.2) is 67.6 Å². The number of ether oxygens (including phenoxy) is 1. The van der Waals surface area contributed by atoms with Crippen LogP contribution in [0.5, 0.6) is 0 Å². The van der Waals surface area contributed by atoms with Crippen molar-refractivity contribution in [2.45, 2.75) is 51.1 Å². The Bertz CT molecular complexity index is 663. The second-order valence-electron chi connectivity index (χ2n) is 7.77. The lowest BCUT2D eigenvalue weighted by Gasteiger charge is -2.47. The number of carbonyl (C=O) groups is 2. The highest BCUT2D eigenvalue weighted by Gasteiger charge is 2.39. The average Bonchev–Trinajstić information content (AvgIpc) is 2.75. The zero-order valence-corrected chi connectivity index (χ0v) is 17.2. The molecule has 0 bridgehead atoms. The standard InChI is InChI=1S/C22H33N3O3/c1-3-23-22(20-8-6-5-7-18(20)17-26)11-15-24(16-12-22)19-9-13-25(14-10-19)21(27)28-4-2/h5-8,17,19,23H,3-4,9-16H2,1-2H3. The molecule has 1 N–H and O–H groups in total. The van der Waals surface area contributed by atoms with Crippen LogP contribution in [-0.2, 0) is 10.3 Å². The van der Waals surface area contributed by atoms with Gasteiger partial charge < -0.3 is 19.9 Å². The highest BCUT2D eigenvalue weighted by atomic mass is 16.6. The minimum Gasteiger partial charge on any atom is -0.450 e. The molecule has 2 aliphatic heterocycles. The topological polar surface area (TPSA) is 61.9 Å². The van der Waals surface area contributed by atoms with Gasteiger partial charge in [0, 0.05) is 43.3 Å².